The van der Waals surface area contributed by atoms with Crippen molar-refractivity contribution in [2.45, 2.75) is 37.3 Å². The number of carbonyl (C=O) groups is 2. The summed E-state index contributed by atoms with van der Waals surface area (Å²) in [4.78, 5) is 23.5. The first kappa shape index (κ1) is 23.7. The second-order valence-electron chi connectivity index (χ2n) is 6.79. The Bertz CT molecular complexity index is 975. The molecule has 0 aliphatic rings. The van der Waals surface area contributed by atoms with E-state index in [1.165, 1.54) is 50.4 Å². The number of carbonyl (C=O) groups excluding carboxylic acids is 2. The molecule has 0 aromatic heterocycles. The predicted octanol–water partition coefficient (Wildman–Crippen LogP) is 2.59. The van der Waals surface area contributed by atoms with Crippen molar-refractivity contribution in [2.24, 2.45) is 0 Å². The van der Waals surface area contributed by atoms with Crippen molar-refractivity contribution in [3.05, 3.63) is 65.5 Å². The van der Waals surface area contributed by atoms with Gasteiger partial charge in [-0.2, -0.15) is 0 Å². The number of benzene rings is 2. The highest BCUT2D eigenvalue weighted by molar-refractivity contribution is 7.89. The molecule has 1 amide bonds. The average Bonchev–Trinajstić information content (AvgIpc) is 2.69. The van der Waals surface area contributed by atoms with Gasteiger partial charge in [-0.05, 0) is 43.7 Å². The zero-order valence-corrected chi connectivity index (χ0v) is 17.8. The van der Waals surface area contributed by atoms with Gasteiger partial charge in [0.05, 0.1) is 10.9 Å². The average molecular weight is 437 g/mol. The molecule has 2 unspecified atom stereocenters. The van der Waals surface area contributed by atoms with Gasteiger partial charge in [0.1, 0.15) is 11.9 Å². The number of ketones is 1. The summed E-state index contributed by atoms with van der Waals surface area (Å²) >= 11 is 0. The van der Waals surface area contributed by atoms with Crippen LogP contribution in [0.1, 0.15) is 42.3 Å². The van der Waals surface area contributed by atoms with Crippen molar-refractivity contribution < 1.29 is 27.1 Å². The molecular weight excluding hydrogens is 411 g/mol. The summed E-state index contributed by atoms with van der Waals surface area (Å²) < 4.78 is 45.5. The summed E-state index contributed by atoms with van der Waals surface area (Å²) in [5.41, 5.74) is 1.12. The van der Waals surface area contributed by atoms with Gasteiger partial charge in [0.15, 0.2) is 5.78 Å². The number of sulfonamides is 1. The third kappa shape index (κ3) is 6.45. The van der Waals surface area contributed by atoms with Crippen molar-refractivity contribution in [3.63, 3.8) is 0 Å². The summed E-state index contributed by atoms with van der Waals surface area (Å²) in [6.07, 6.45) is -0.555. The van der Waals surface area contributed by atoms with E-state index in [1.54, 1.807) is 19.1 Å². The molecule has 7 nitrogen and oxygen atoms in total. The molecule has 2 aromatic carbocycles. The normalized spacial score (nSPS) is 13.5. The van der Waals surface area contributed by atoms with Crippen LogP contribution in [0.4, 0.5) is 4.39 Å². The Morgan fingerprint density at radius 3 is 2.20 bits per heavy atom. The topological polar surface area (TPSA) is 102 Å². The van der Waals surface area contributed by atoms with Crippen LogP contribution < -0.4 is 10.0 Å². The van der Waals surface area contributed by atoms with Crippen LogP contribution in [-0.2, 0) is 19.6 Å². The molecule has 0 aliphatic heterocycles. The molecule has 0 spiro atoms. The zero-order chi connectivity index (χ0) is 22.3. The molecule has 0 aliphatic carbocycles. The maximum atomic E-state index is 13.1. The fourth-order valence-corrected chi connectivity index (χ4v) is 3.97. The van der Waals surface area contributed by atoms with Gasteiger partial charge >= 0.3 is 0 Å². The summed E-state index contributed by atoms with van der Waals surface area (Å²) in [7, 11) is -2.31. The lowest BCUT2D eigenvalue weighted by Gasteiger charge is -2.24. The lowest BCUT2D eigenvalue weighted by atomic mass is 10.0. The summed E-state index contributed by atoms with van der Waals surface area (Å²) in [6, 6.07) is 10.9. The highest BCUT2D eigenvalue weighted by Crippen LogP contribution is 2.21. The minimum atomic E-state index is -3.80. The van der Waals surface area contributed by atoms with Gasteiger partial charge in [-0.1, -0.05) is 24.3 Å². The van der Waals surface area contributed by atoms with E-state index < -0.39 is 22.2 Å². The second kappa shape index (κ2) is 10.4. The third-order valence-electron chi connectivity index (χ3n) is 4.51. The molecule has 0 saturated heterocycles. The molecular formula is C21H25FN2O5S. The number of methoxy groups -OCH3 is 1. The van der Waals surface area contributed by atoms with Gasteiger partial charge in [0.2, 0.25) is 15.9 Å². The quantitative estimate of drug-likeness (QED) is 0.558. The van der Waals surface area contributed by atoms with E-state index in [-0.39, 0.29) is 35.4 Å². The molecule has 162 valence electrons. The van der Waals surface area contributed by atoms with Crippen molar-refractivity contribution in [1.29, 1.82) is 0 Å². The first-order chi connectivity index (χ1) is 14.1. The monoisotopic (exact) mass is 436 g/mol. The second-order valence-corrected chi connectivity index (χ2v) is 8.56. The Labute approximate surface area is 175 Å². The third-order valence-corrected chi connectivity index (χ3v) is 5.99. The van der Waals surface area contributed by atoms with Gasteiger partial charge in [0.25, 0.3) is 0 Å². The molecule has 30 heavy (non-hydrogen) atoms. The van der Waals surface area contributed by atoms with Crippen LogP contribution in [0.5, 0.6) is 0 Å². The Balaban J connectivity index is 1.88. The van der Waals surface area contributed by atoms with E-state index in [2.05, 4.69) is 10.0 Å². The number of halogens is 1. The number of hydrogen-bond acceptors (Lipinski definition) is 5. The number of Topliss-reactive ketones (excluding diaryl/α,β-unsaturated/α-hetero) is 1. The summed E-state index contributed by atoms with van der Waals surface area (Å²) in [5.74, 6) is -0.887. The van der Waals surface area contributed by atoms with Crippen LogP contribution in [0.15, 0.2) is 53.4 Å². The fourth-order valence-electron chi connectivity index (χ4n) is 2.93. The molecule has 0 saturated carbocycles. The van der Waals surface area contributed by atoms with E-state index in [0.29, 0.717) is 11.1 Å². The first-order valence-electron chi connectivity index (χ1n) is 9.32. The van der Waals surface area contributed by atoms with E-state index in [4.69, 9.17) is 4.74 Å². The van der Waals surface area contributed by atoms with Crippen LogP contribution in [0.25, 0.3) is 0 Å². The first-order valence-corrected chi connectivity index (χ1v) is 10.8. The maximum absolute atomic E-state index is 13.1. The van der Waals surface area contributed by atoms with Gasteiger partial charge in [-0.25, -0.2) is 17.5 Å². The number of ether oxygens (including phenoxy) is 1. The standard InChI is InChI=1S/C21H25FN2O5S/c1-14(21(29-3)17-4-8-18(22)9-5-17)24-20(26)12-13-23-30(27,28)19-10-6-16(7-11-19)15(2)25/h4-11,14,21,23H,12-13H2,1-3H3,(H,24,26). The van der Waals surface area contributed by atoms with E-state index in [1.807, 2.05) is 0 Å². The van der Waals surface area contributed by atoms with Crippen molar-refractivity contribution >= 4 is 21.7 Å². The highest BCUT2D eigenvalue weighted by atomic mass is 32.2. The van der Waals surface area contributed by atoms with Crippen LogP contribution >= 0.6 is 0 Å². The number of nitrogens with one attached hydrogen (secondary N) is 2. The van der Waals surface area contributed by atoms with Gasteiger partial charge in [-0.3, -0.25) is 9.59 Å². The molecule has 2 N–H and O–H groups in total. The van der Waals surface area contributed by atoms with Crippen LogP contribution in [0.2, 0.25) is 0 Å². The Kier molecular flexibility index (Phi) is 8.22. The van der Waals surface area contributed by atoms with Crippen LogP contribution in [0, 0.1) is 5.82 Å². The Hall–Kier alpha value is -2.62. The van der Waals surface area contributed by atoms with Gasteiger partial charge < -0.3 is 10.1 Å². The summed E-state index contributed by atoms with van der Waals surface area (Å²) in [6.45, 7) is 3.05. The van der Waals surface area contributed by atoms with E-state index in [0.717, 1.165) is 0 Å². The smallest absolute Gasteiger partial charge is 0.240 e. The Morgan fingerprint density at radius 2 is 1.67 bits per heavy atom. The van der Waals surface area contributed by atoms with Crippen molar-refractivity contribution in [2.75, 3.05) is 13.7 Å². The number of amides is 1. The number of rotatable bonds is 10. The molecule has 2 aromatic rings. The molecule has 2 rings (SSSR count). The molecule has 9 heteroatoms. The van der Waals surface area contributed by atoms with Gasteiger partial charge in [-0.15, -0.1) is 0 Å². The lowest BCUT2D eigenvalue weighted by Crippen LogP contribution is -2.39. The summed E-state index contributed by atoms with van der Waals surface area (Å²) in [5, 5.41) is 2.76. The highest BCUT2D eigenvalue weighted by Gasteiger charge is 2.21. The fraction of sp³-hybridized carbons (Fsp3) is 0.333. The van der Waals surface area contributed by atoms with Crippen LogP contribution in [-0.4, -0.2) is 39.8 Å². The van der Waals surface area contributed by atoms with E-state index >= 15 is 0 Å². The largest absolute Gasteiger partial charge is 0.375 e. The molecule has 0 fully saturated rings. The molecule has 0 bridgehead atoms. The minimum absolute atomic E-state index is 0.0111. The lowest BCUT2D eigenvalue weighted by molar-refractivity contribution is -0.122. The number of hydrogen-bond donors (Lipinski definition) is 2. The van der Waals surface area contributed by atoms with E-state index in [9.17, 15) is 22.4 Å². The minimum Gasteiger partial charge on any atom is -0.375 e. The molecule has 0 heterocycles. The molecule has 2 atom stereocenters. The SMILES string of the molecule is COC(c1ccc(F)cc1)C(C)NC(=O)CCNS(=O)(=O)c1ccc(C(C)=O)cc1. The predicted molar refractivity (Wildman–Crippen MR) is 110 cm³/mol. The maximum Gasteiger partial charge on any atom is 0.240 e. The molecule has 0 radical (unpaired) electrons. The zero-order valence-electron chi connectivity index (χ0n) is 17.0. The van der Waals surface area contributed by atoms with Crippen molar-refractivity contribution in [1.82, 2.24) is 10.0 Å². The van der Waals surface area contributed by atoms with Gasteiger partial charge in [0, 0.05) is 25.6 Å². The Morgan fingerprint density at radius 1 is 1.07 bits per heavy atom. The van der Waals surface area contributed by atoms with Crippen LogP contribution in [0.3, 0.4) is 0 Å². The van der Waals surface area contributed by atoms with Crippen molar-refractivity contribution in [3.8, 4) is 0 Å².